The van der Waals surface area contributed by atoms with Gasteiger partial charge in [0.15, 0.2) is 6.10 Å². The van der Waals surface area contributed by atoms with Crippen molar-refractivity contribution < 1.29 is 28.6 Å². The summed E-state index contributed by atoms with van der Waals surface area (Å²) in [4.78, 5) is 38.0. The second-order valence-electron chi connectivity index (χ2n) is 17.7. The van der Waals surface area contributed by atoms with Crippen LogP contribution in [0.15, 0.2) is 182 Å². The summed E-state index contributed by atoms with van der Waals surface area (Å²) in [5.41, 5.74) is 0. The van der Waals surface area contributed by atoms with Crippen LogP contribution >= 0.6 is 0 Å². The minimum atomic E-state index is -0.839. The van der Waals surface area contributed by atoms with Gasteiger partial charge in [0.2, 0.25) is 0 Å². The molecule has 0 bridgehead atoms. The predicted octanol–water partition coefficient (Wildman–Crippen LogP) is 19.3. The molecule has 6 nitrogen and oxygen atoms in total. The average Bonchev–Trinajstić information content (AvgIpc) is 3.39. The van der Waals surface area contributed by atoms with Crippen LogP contribution in [0.5, 0.6) is 0 Å². The van der Waals surface area contributed by atoms with Gasteiger partial charge in [0.25, 0.3) is 0 Å². The molecule has 6 heteroatoms. The van der Waals surface area contributed by atoms with Gasteiger partial charge >= 0.3 is 17.9 Å². The van der Waals surface area contributed by atoms with Crippen LogP contribution in [0.25, 0.3) is 0 Å². The van der Waals surface area contributed by atoms with Crippen LogP contribution in [0.2, 0.25) is 0 Å². The number of esters is 3. The van der Waals surface area contributed by atoms with Gasteiger partial charge < -0.3 is 14.2 Å². The SMILES string of the molecule is CC/C=C\C/C=C\C/C=C\C/C=C\C/C=C\C/C=C\C/C=C\C/C=C\C/C=C\CCCC(=O)OCC(COC(=O)CCCCC/C=C\C/C=C\C/C=C\CC)OC(=O)CCCCC/C=C\C/C=C\C/C=C\CC. The maximum atomic E-state index is 12.8. The molecular weight excluding hydrogens is 901 g/mol. The quantitative estimate of drug-likeness (QED) is 0.0262. The van der Waals surface area contributed by atoms with Crippen molar-refractivity contribution in [3.63, 3.8) is 0 Å². The van der Waals surface area contributed by atoms with Gasteiger partial charge in [-0.25, -0.2) is 0 Å². The molecule has 0 aliphatic heterocycles. The Kier molecular flexibility index (Phi) is 54.6. The van der Waals surface area contributed by atoms with Crippen LogP contribution in [0.4, 0.5) is 0 Å². The fraction of sp³-hybridized carbons (Fsp3) is 0.507. The van der Waals surface area contributed by atoms with Crippen LogP contribution in [0, 0.1) is 0 Å². The highest BCUT2D eigenvalue weighted by Gasteiger charge is 2.19. The molecule has 0 radical (unpaired) electrons. The zero-order valence-electron chi connectivity index (χ0n) is 46.1. The standard InChI is InChI=1S/C67H100O6/c1-4-7-10-13-16-19-22-25-26-27-28-29-30-31-32-33-34-35-36-37-38-39-40-43-45-48-51-54-57-60-66(69)72-63-64(73-67(70)61-58-55-52-49-46-42-24-21-18-15-12-9-6-3)62-71-65(68)59-56-53-50-47-44-41-23-20-17-14-11-8-5-2/h7-12,16-21,25-26,28-29,31-32,34-35,37-38,40-44,46,48,51,64H,4-6,13-15,22-24,27,30,33,36,39,45,47,49-50,52-63H2,1-3H3/b10-7-,11-8-,12-9-,19-16-,20-17-,21-18-,26-25-,29-28-,32-31-,35-34-,38-37-,43-40-,44-41-,46-42-,51-48-. The highest BCUT2D eigenvalue weighted by atomic mass is 16.6. The van der Waals surface area contributed by atoms with Gasteiger partial charge in [0.1, 0.15) is 13.2 Å². The van der Waals surface area contributed by atoms with Crippen molar-refractivity contribution in [3.8, 4) is 0 Å². The number of hydrogen-bond acceptors (Lipinski definition) is 6. The van der Waals surface area contributed by atoms with E-state index in [1.807, 2.05) is 0 Å². The van der Waals surface area contributed by atoms with Gasteiger partial charge in [-0.15, -0.1) is 0 Å². The van der Waals surface area contributed by atoms with Crippen LogP contribution in [0.1, 0.15) is 201 Å². The van der Waals surface area contributed by atoms with Gasteiger partial charge in [-0.2, -0.15) is 0 Å². The first-order valence-corrected chi connectivity index (χ1v) is 28.3. The Bertz CT molecular complexity index is 1770. The molecule has 0 spiro atoms. The van der Waals surface area contributed by atoms with Crippen molar-refractivity contribution in [3.05, 3.63) is 182 Å². The number of carbonyl (C=O) groups excluding carboxylic acids is 3. The van der Waals surface area contributed by atoms with Crippen LogP contribution in [0.3, 0.4) is 0 Å². The molecule has 0 heterocycles. The van der Waals surface area contributed by atoms with E-state index in [4.69, 9.17) is 14.2 Å². The lowest BCUT2D eigenvalue weighted by molar-refractivity contribution is -0.167. The largest absolute Gasteiger partial charge is 0.462 e. The van der Waals surface area contributed by atoms with Crippen LogP contribution < -0.4 is 0 Å². The monoisotopic (exact) mass is 1000 g/mol. The van der Waals surface area contributed by atoms with Crippen molar-refractivity contribution in [2.75, 3.05) is 13.2 Å². The Hall–Kier alpha value is -5.49. The normalized spacial score (nSPS) is 13.5. The Morgan fingerprint density at radius 1 is 0.274 bits per heavy atom. The predicted molar refractivity (Wildman–Crippen MR) is 315 cm³/mol. The Morgan fingerprint density at radius 2 is 0.507 bits per heavy atom. The summed E-state index contributed by atoms with van der Waals surface area (Å²) in [6.45, 7) is 6.16. The van der Waals surface area contributed by atoms with Gasteiger partial charge in [0, 0.05) is 19.3 Å². The molecular formula is C67H100O6. The zero-order valence-corrected chi connectivity index (χ0v) is 46.1. The molecule has 0 N–H and O–H groups in total. The fourth-order valence-electron chi connectivity index (χ4n) is 6.76. The summed E-state index contributed by atoms with van der Waals surface area (Å²) >= 11 is 0. The van der Waals surface area contributed by atoms with E-state index < -0.39 is 6.10 Å². The minimum absolute atomic E-state index is 0.133. The molecule has 1 atom stereocenters. The van der Waals surface area contributed by atoms with E-state index in [0.717, 1.165) is 148 Å². The summed E-state index contributed by atoms with van der Waals surface area (Å²) in [6, 6.07) is 0. The highest BCUT2D eigenvalue weighted by molar-refractivity contribution is 5.71. The summed E-state index contributed by atoms with van der Waals surface area (Å²) in [7, 11) is 0. The van der Waals surface area contributed by atoms with Gasteiger partial charge in [-0.3, -0.25) is 14.4 Å². The Balaban J connectivity index is 4.49. The summed E-state index contributed by atoms with van der Waals surface area (Å²) in [6.07, 6.45) is 89.0. The van der Waals surface area contributed by atoms with E-state index in [9.17, 15) is 14.4 Å². The Labute approximate surface area is 446 Å². The lowest BCUT2D eigenvalue weighted by Crippen LogP contribution is -2.30. The number of ether oxygens (including phenoxy) is 3. The molecule has 0 amide bonds. The fourth-order valence-corrected chi connectivity index (χ4v) is 6.76. The summed E-state index contributed by atoms with van der Waals surface area (Å²) in [5.74, 6) is -1.07. The maximum absolute atomic E-state index is 12.8. The molecule has 0 aromatic rings. The third-order valence-corrected chi connectivity index (χ3v) is 10.9. The topological polar surface area (TPSA) is 78.9 Å². The smallest absolute Gasteiger partial charge is 0.306 e. The zero-order chi connectivity index (χ0) is 52.9. The lowest BCUT2D eigenvalue weighted by atomic mass is 10.1. The highest BCUT2D eigenvalue weighted by Crippen LogP contribution is 2.11. The second kappa shape index (κ2) is 59.1. The van der Waals surface area contributed by atoms with Crippen LogP contribution in [-0.2, 0) is 28.6 Å². The van der Waals surface area contributed by atoms with E-state index in [-0.39, 0.29) is 44.0 Å². The molecule has 0 aliphatic carbocycles. The van der Waals surface area contributed by atoms with Gasteiger partial charge in [-0.1, -0.05) is 216 Å². The van der Waals surface area contributed by atoms with E-state index in [1.54, 1.807) is 0 Å². The molecule has 1 unspecified atom stereocenters. The molecule has 73 heavy (non-hydrogen) atoms. The Morgan fingerprint density at radius 3 is 0.795 bits per heavy atom. The number of carbonyl (C=O) groups is 3. The van der Waals surface area contributed by atoms with Gasteiger partial charge in [-0.05, 0) is 148 Å². The van der Waals surface area contributed by atoms with Gasteiger partial charge in [0.05, 0.1) is 0 Å². The number of unbranched alkanes of at least 4 members (excludes halogenated alkanes) is 7. The maximum Gasteiger partial charge on any atom is 0.306 e. The van der Waals surface area contributed by atoms with E-state index >= 15 is 0 Å². The van der Waals surface area contributed by atoms with Crippen molar-refractivity contribution in [1.82, 2.24) is 0 Å². The average molecular weight is 1000 g/mol. The van der Waals surface area contributed by atoms with Crippen molar-refractivity contribution in [1.29, 1.82) is 0 Å². The third-order valence-electron chi connectivity index (χ3n) is 10.9. The van der Waals surface area contributed by atoms with E-state index in [1.165, 1.54) is 0 Å². The van der Waals surface area contributed by atoms with Crippen molar-refractivity contribution in [2.24, 2.45) is 0 Å². The number of hydrogen-bond donors (Lipinski definition) is 0. The van der Waals surface area contributed by atoms with Crippen molar-refractivity contribution >= 4 is 17.9 Å². The lowest BCUT2D eigenvalue weighted by Gasteiger charge is -2.18. The molecule has 404 valence electrons. The van der Waals surface area contributed by atoms with Crippen molar-refractivity contribution in [2.45, 2.75) is 207 Å². The number of allylic oxidation sites excluding steroid dienone is 30. The molecule has 0 rings (SSSR count). The molecule has 0 fully saturated rings. The summed E-state index contributed by atoms with van der Waals surface area (Å²) < 4.78 is 16.7. The minimum Gasteiger partial charge on any atom is -0.462 e. The van der Waals surface area contributed by atoms with Crippen LogP contribution in [-0.4, -0.2) is 37.2 Å². The summed E-state index contributed by atoms with van der Waals surface area (Å²) in [5, 5.41) is 0. The first-order valence-electron chi connectivity index (χ1n) is 28.3. The molecule has 0 aromatic carbocycles. The molecule has 0 saturated heterocycles. The third kappa shape index (κ3) is 57.3. The second-order valence-corrected chi connectivity index (χ2v) is 17.7. The first-order chi connectivity index (χ1) is 36.0. The van der Waals surface area contributed by atoms with E-state index in [0.29, 0.717) is 19.3 Å². The first kappa shape index (κ1) is 67.5. The molecule has 0 aromatic heterocycles. The molecule has 0 aliphatic rings. The molecule has 0 saturated carbocycles. The van der Waals surface area contributed by atoms with E-state index in [2.05, 4.69) is 203 Å². The number of rotatable bonds is 48.